The van der Waals surface area contributed by atoms with E-state index in [0.29, 0.717) is 0 Å². The van der Waals surface area contributed by atoms with Crippen LogP contribution >= 0.6 is 0 Å². The molecule has 2 aliphatic heterocycles. The van der Waals surface area contributed by atoms with Gasteiger partial charge < -0.3 is 40.1 Å². The van der Waals surface area contributed by atoms with Crippen LogP contribution in [0, 0.1) is 22.7 Å². The summed E-state index contributed by atoms with van der Waals surface area (Å²) < 4.78 is 11.6. The molecule has 6 N–H and O–H groups in total. The van der Waals surface area contributed by atoms with E-state index < -0.39 is 70.5 Å². The van der Waals surface area contributed by atoms with Crippen LogP contribution in [0.1, 0.15) is 33.6 Å². The molecule has 2 saturated carbocycles. The van der Waals surface area contributed by atoms with Gasteiger partial charge in [-0.2, -0.15) is 0 Å². The summed E-state index contributed by atoms with van der Waals surface area (Å²) in [5, 5.41) is 67.2. The summed E-state index contributed by atoms with van der Waals surface area (Å²) in [6.45, 7) is 5.00. The van der Waals surface area contributed by atoms with E-state index in [0.717, 1.165) is 5.57 Å². The zero-order valence-corrected chi connectivity index (χ0v) is 17.2. The summed E-state index contributed by atoms with van der Waals surface area (Å²) in [5.74, 6) is -2.40. The van der Waals surface area contributed by atoms with Crippen LogP contribution in [0.25, 0.3) is 0 Å². The average Bonchev–Trinajstić information content (AvgIpc) is 2.91. The van der Waals surface area contributed by atoms with Crippen molar-refractivity contribution in [3.63, 3.8) is 0 Å². The predicted octanol–water partition coefficient (Wildman–Crippen LogP) is -1.77. The SMILES string of the molecule is CC[C@]12OC[C@]34[C@H]([C@@H](O)[C@@H]1O)[C@@]1(C)[C@H](O)[C@@H](O)C=C(C)[C@@H]1C[C@H]3OC(=O)[C@H](O)[C@]42O. The molecule has 0 radical (unpaired) electrons. The zero-order valence-electron chi connectivity index (χ0n) is 17.2. The van der Waals surface area contributed by atoms with Crippen molar-refractivity contribution in [2.24, 2.45) is 22.7 Å². The molecular weight excluding hydrogens is 396 g/mol. The standard InChI is InChI=1S/C21H30O9/c1-4-20-15(25)12(23)13-18(3)9(8(2)5-10(22)14(18)24)6-11-19(13,7-29-20)21(20,28)16(26)17(27)30-11/h5,9-16,22-26,28H,4,6-7H2,1-3H3/t9-,10-,11+,12+,13+,14+,15-,16-,18-,19+,20-,21-/m0/s1. The predicted molar refractivity (Wildman–Crippen MR) is 99.7 cm³/mol. The van der Waals surface area contributed by atoms with Gasteiger partial charge in [-0.05, 0) is 25.7 Å². The Kier molecular flexibility index (Phi) is 4.05. The molecule has 3 aliphatic carbocycles. The maximum atomic E-state index is 12.6. The number of fused-ring (bicyclic) bond motifs is 2. The Balaban J connectivity index is 1.82. The van der Waals surface area contributed by atoms with Crippen LogP contribution in [-0.4, -0.2) is 91.0 Å². The maximum absolute atomic E-state index is 12.6. The van der Waals surface area contributed by atoms with E-state index >= 15 is 0 Å². The topological polar surface area (TPSA) is 157 Å². The van der Waals surface area contributed by atoms with Gasteiger partial charge in [0.2, 0.25) is 0 Å². The molecule has 9 nitrogen and oxygen atoms in total. The smallest absolute Gasteiger partial charge is 0.338 e. The van der Waals surface area contributed by atoms with E-state index in [1.54, 1.807) is 26.8 Å². The van der Waals surface area contributed by atoms with Gasteiger partial charge in [-0.3, -0.25) is 0 Å². The van der Waals surface area contributed by atoms with Crippen molar-refractivity contribution in [1.29, 1.82) is 0 Å². The van der Waals surface area contributed by atoms with Gasteiger partial charge in [-0.1, -0.05) is 25.5 Å². The third-order valence-electron chi connectivity index (χ3n) is 9.41. The fourth-order valence-electron chi connectivity index (χ4n) is 8.13. The van der Waals surface area contributed by atoms with Crippen molar-refractivity contribution in [3.05, 3.63) is 11.6 Å². The minimum absolute atomic E-state index is 0.0392. The largest absolute Gasteiger partial charge is 0.460 e. The van der Waals surface area contributed by atoms with Crippen LogP contribution in [0.3, 0.4) is 0 Å². The molecule has 1 spiro atoms. The number of carbonyl (C=O) groups excluding carboxylic acids is 1. The van der Waals surface area contributed by atoms with E-state index in [1.165, 1.54) is 0 Å². The highest BCUT2D eigenvalue weighted by Crippen LogP contribution is 2.74. The molecule has 0 aromatic rings. The summed E-state index contributed by atoms with van der Waals surface area (Å²) in [6.07, 6.45) is -6.64. The summed E-state index contributed by atoms with van der Waals surface area (Å²) in [5.41, 5.74) is -5.87. The van der Waals surface area contributed by atoms with E-state index in [9.17, 15) is 35.4 Å². The minimum atomic E-state index is -2.23. The van der Waals surface area contributed by atoms with Crippen LogP contribution < -0.4 is 0 Å². The number of esters is 1. The molecule has 0 aromatic carbocycles. The van der Waals surface area contributed by atoms with Gasteiger partial charge >= 0.3 is 5.97 Å². The second-order valence-corrected chi connectivity index (χ2v) is 10.1. The lowest BCUT2D eigenvalue weighted by Crippen LogP contribution is -2.86. The second-order valence-electron chi connectivity index (χ2n) is 10.1. The number of carbonyl (C=O) groups is 1. The van der Waals surface area contributed by atoms with Crippen LogP contribution in [0.5, 0.6) is 0 Å². The molecule has 5 rings (SSSR count). The fraction of sp³-hybridized carbons (Fsp3) is 0.857. The second kappa shape index (κ2) is 5.83. The molecule has 0 amide bonds. The Morgan fingerprint density at radius 3 is 2.47 bits per heavy atom. The van der Waals surface area contributed by atoms with Crippen molar-refractivity contribution in [2.75, 3.05) is 6.61 Å². The Morgan fingerprint density at radius 1 is 1.17 bits per heavy atom. The molecule has 2 heterocycles. The lowest BCUT2D eigenvalue weighted by molar-refractivity contribution is -0.358. The molecular formula is C21H30O9. The number of rotatable bonds is 1. The third kappa shape index (κ3) is 1.78. The highest BCUT2D eigenvalue weighted by molar-refractivity contribution is 5.79. The molecule has 12 atom stereocenters. The van der Waals surface area contributed by atoms with Gasteiger partial charge in [-0.15, -0.1) is 0 Å². The Hall–Kier alpha value is -1.07. The van der Waals surface area contributed by atoms with Crippen molar-refractivity contribution in [2.45, 2.75) is 81.4 Å². The van der Waals surface area contributed by atoms with Crippen molar-refractivity contribution < 1.29 is 44.9 Å². The fourth-order valence-corrected chi connectivity index (χ4v) is 8.13. The lowest BCUT2D eigenvalue weighted by atomic mass is 9.36. The van der Waals surface area contributed by atoms with Crippen LogP contribution in [-0.2, 0) is 14.3 Å². The first-order valence-corrected chi connectivity index (χ1v) is 10.6. The van der Waals surface area contributed by atoms with Crippen LogP contribution in [0.15, 0.2) is 11.6 Å². The summed E-state index contributed by atoms with van der Waals surface area (Å²) in [4.78, 5) is 12.6. The monoisotopic (exact) mass is 426 g/mol. The van der Waals surface area contributed by atoms with Crippen molar-refractivity contribution in [1.82, 2.24) is 0 Å². The molecule has 2 bridgehead atoms. The average molecular weight is 426 g/mol. The van der Waals surface area contributed by atoms with Crippen molar-refractivity contribution in [3.8, 4) is 0 Å². The quantitative estimate of drug-likeness (QED) is 0.211. The number of hydrogen-bond acceptors (Lipinski definition) is 9. The summed E-state index contributed by atoms with van der Waals surface area (Å²) >= 11 is 0. The lowest BCUT2D eigenvalue weighted by Gasteiger charge is -2.71. The van der Waals surface area contributed by atoms with Crippen LogP contribution in [0.4, 0.5) is 0 Å². The van der Waals surface area contributed by atoms with Crippen LogP contribution in [0.2, 0.25) is 0 Å². The van der Waals surface area contributed by atoms with Gasteiger partial charge in [-0.25, -0.2) is 4.79 Å². The highest BCUT2D eigenvalue weighted by Gasteiger charge is 2.88. The van der Waals surface area contributed by atoms with Gasteiger partial charge in [0.15, 0.2) is 6.10 Å². The Labute approximate surface area is 173 Å². The van der Waals surface area contributed by atoms with E-state index in [1.807, 2.05) is 0 Å². The first-order valence-electron chi connectivity index (χ1n) is 10.6. The third-order valence-corrected chi connectivity index (χ3v) is 9.41. The maximum Gasteiger partial charge on any atom is 0.338 e. The molecule has 168 valence electrons. The first-order chi connectivity index (χ1) is 13.9. The first kappa shape index (κ1) is 20.8. The van der Waals surface area contributed by atoms with Gasteiger partial charge in [0.05, 0.1) is 30.3 Å². The highest BCUT2D eigenvalue weighted by atomic mass is 16.6. The Morgan fingerprint density at radius 2 is 1.83 bits per heavy atom. The molecule has 0 aromatic heterocycles. The molecule has 4 fully saturated rings. The van der Waals surface area contributed by atoms with E-state index in [-0.39, 0.29) is 25.4 Å². The van der Waals surface area contributed by atoms with E-state index in [4.69, 9.17) is 9.47 Å². The number of allylic oxidation sites excluding steroid dienone is 1. The Bertz CT molecular complexity index is 829. The number of aliphatic hydroxyl groups is 6. The van der Waals surface area contributed by atoms with Gasteiger partial charge in [0, 0.05) is 11.3 Å². The number of hydrogen-bond donors (Lipinski definition) is 6. The molecule has 0 unspecified atom stereocenters. The minimum Gasteiger partial charge on any atom is -0.460 e. The zero-order chi connectivity index (χ0) is 22.0. The normalized spacial score (nSPS) is 61.6. The summed E-state index contributed by atoms with van der Waals surface area (Å²) in [7, 11) is 0. The van der Waals surface area contributed by atoms with Gasteiger partial charge in [0.25, 0.3) is 0 Å². The summed E-state index contributed by atoms with van der Waals surface area (Å²) in [6, 6.07) is 0. The number of aliphatic hydroxyl groups excluding tert-OH is 5. The van der Waals surface area contributed by atoms with E-state index in [2.05, 4.69) is 0 Å². The molecule has 30 heavy (non-hydrogen) atoms. The molecule has 5 aliphatic rings. The van der Waals surface area contributed by atoms with Gasteiger partial charge in [0.1, 0.15) is 23.4 Å². The molecule has 2 saturated heterocycles. The number of ether oxygens (including phenoxy) is 2. The molecule has 9 heteroatoms. The van der Waals surface area contributed by atoms with Crippen molar-refractivity contribution >= 4 is 5.97 Å².